The Balaban J connectivity index is 0.000000322. The van der Waals surface area contributed by atoms with Gasteiger partial charge in [-0.25, -0.2) is 4.79 Å². The van der Waals surface area contributed by atoms with Gasteiger partial charge in [-0.2, -0.15) is 13.2 Å². The number of hydrogen-bond acceptors (Lipinski definition) is 4. The molecule has 23 heavy (non-hydrogen) atoms. The summed E-state index contributed by atoms with van der Waals surface area (Å²) >= 11 is 0. The summed E-state index contributed by atoms with van der Waals surface area (Å²) in [5.74, 6) is -1.95. The fraction of sp³-hybridized carbons (Fsp3) is 0.286. The number of aliphatic carboxylic acids is 1. The van der Waals surface area contributed by atoms with E-state index in [0.29, 0.717) is 6.54 Å². The number of pyridine rings is 1. The van der Waals surface area contributed by atoms with Gasteiger partial charge in [0.05, 0.1) is 7.11 Å². The van der Waals surface area contributed by atoms with Gasteiger partial charge in [0.15, 0.2) is 0 Å². The van der Waals surface area contributed by atoms with Gasteiger partial charge in [-0.1, -0.05) is 0 Å². The van der Waals surface area contributed by atoms with E-state index in [4.69, 9.17) is 20.4 Å². The van der Waals surface area contributed by atoms with Crippen molar-refractivity contribution in [3.05, 3.63) is 40.2 Å². The molecule has 126 valence electrons. The van der Waals surface area contributed by atoms with Crippen molar-refractivity contribution in [2.24, 2.45) is 5.73 Å². The SMILES string of the molecule is COc1cc2ccc(=O)[nH]c2cc1CCN.O=C(O)C(F)(F)F. The Kier molecular flexibility index (Phi) is 6.14. The van der Waals surface area contributed by atoms with Crippen molar-refractivity contribution in [2.45, 2.75) is 12.6 Å². The summed E-state index contributed by atoms with van der Waals surface area (Å²) in [6, 6.07) is 7.12. The third kappa shape index (κ3) is 5.29. The summed E-state index contributed by atoms with van der Waals surface area (Å²) in [7, 11) is 1.63. The van der Waals surface area contributed by atoms with Crippen LogP contribution in [0.25, 0.3) is 10.9 Å². The molecule has 0 bridgehead atoms. The highest BCUT2D eigenvalue weighted by Gasteiger charge is 2.38. The van der Waals surface area contributed by atoms with Gasteiger partial charge in [-0.15, -0.1) is 0 Å². The predicted molar refractivity (Wildman–Crippen MR) is 77.6 cm³/mol. The van der Waals surface area contributed by atoms with E-state index in [1.54, 1.807) is 13.2 Å². The van der Waals surface area contributed by atoms with Crippen molar-refractivity contribution in [1.29, 1.82) is 0 Å². The molecule has 0 atom stereocenters. The summed E-state index contributed by atoms with van der Waals surface area (Å²) in [6.45, 7) is 0.554. The number of H-pyrrole nitrogens is 1. The van der Waals surface area contributed by atoms with Gasteiger partial charge < -0.3 is 20.6 Å². The molecule has 2 rings (SSSR count). The molecule has 1 aromatic heterocycles. The molecule has 0 fully saturated rings. The van der Waals surface area contributed by atoms with E-state index in [1.165, 1.54) is 6.07 Å². The number of carboxylic acids is 1. The van der Waals surface area contributed by atoms with Gasteiger partial charge in [0, 0.05) is 17.0 Å². The minimum absolute atomic E-state index is 0.101. The zero-order valence-electron chi connectivity index (χ0n) is 12.1. The van der Waals surface area contributed by atoms with Crippen LogP contribution in [0.3, 0.4) is 0 Å². The number of aromatic amines is 1. The minimum atomic E-state index is -5.08. The van der Waals surface area contributed by atoms with Crippen LogP contribution in [0.15, 0.2) is 29.1 Å². The topological polar surface area (TPSA) is 105 Å². The number of alkyl halides is 3. The quantitative estimate of drug-likeness (QED) is 0.793. The van der Waals surface area contributed by atoms with Crippen molar-refractivity contribution in [3.8, 4) is 5.75 Å². The van der Waals surface area contributed by atoms with Gasteiger partial charge in [-0.3, -0.25) is 4.79 Å². The first-order valence-corrected chi connectivity index (χ1v) is 6.39. The summed E-state index contributed by atoms with van der Waals surface area (Å²) < 4.78 is 37.0. The lowest BCUT2D eigenvalue weighted by atomic mass is 10.1. The molecule has 0 spiro atoms. The number of nitrogens with two attached hydrogens (primary N) is 1. The molecule has 1 heterocycles. The minimum Gasteiger partial charge on any atom is -0.496 e. The third-order valence-corrected chi connectivity index (χ3v) is 2.78. The number of aromatic nitrogens is 1. The van der Waals surface area contributed by atoms with E-state index in [1.807, 2.05) is 12.1 Å². The molecular weight excluding hydrogens is 317 g/mol. The number of halogens is 3. The fourth-order valence-electron chi connectivity index (χ4n) is 1.77. The van der Waals surface area contributed by atoms with Crippen LogP contribution in [-0.2, 0) is 11.2 Å². The molecule has 0 radical (unpaired) electrons. The van der Waals surface area contributed by atoms with Crippen molar-refractivity contribution >= 4 is 16.9 Å². The Bertz CT molecular complexity index is 741. The van der Waals surface area contributed by atoms with Crippen LogP contribution in [0.2, 0.25) is 0 Å². The van der Waals surface area contributed by atoms with E-state index in [2.05, 4.69) is 4.98 Å². The maximum absolute atomic E-state index is 11.2. The first kappa shape index (κ1) is 18.5. The first-order chi connectivity index (χ1) is 10.7. The third-order valence-electron chi connectivity index (χ3n) is 2.78. The number of carboxylic acid groups (broad SMARTS) is 1. The number of benzene rings is 1. The first-order valence-electron chi connectivity index (χ1n) is 6.39. The highest BCUT2D eigenvalue weighted by molar-refractivity contribution is 5.81. The Morgan fingerprint density at radius 3 is 2.43 bits per heavy atom. The van der Waals surface area contributed by atoms with Crippen LogP contribution in [-0.4, -0.2) is 35.9 Å². The molecule has 9 heteroatoms. The van der Waals surface area contributed by atoms with E-state index in [9.17, 15) is 18.0 Å². The van der Waals surface area contributed by atoms with Gasteiger partial charge >= 0.3 is 12.1 Å². The normalized spacial score (nSPS) is 10.8. The van der Waals surface area contributed by atoms with Crippen LogP contribution < -0.4 is 16.0 Å². The molecule has 0 aliphatic heterocycles. The van der Waals surface area contributed by atoms with Crippen molar-refractivity contribution < 1.29 is 27.8 Å². The van der Waals surface area contributed by atoms with Gasteiger partial charge in [0.25, 0.3) is 0 Å². The Morgan fingerprint density at radius 1 is 1.35 bits per heavy atom. The van der Waals surface area contributed by atoms with E-state index < -0.39 is 12.1 Å². The van der Waals surface area contributed by atoms with E-state index >= 15 is 0 Å². The van der Waals surface area contributed by atoms with E-state index in [-0.39, 0.29) is 5.56 Å². The summed E-state index contributed by atoms with van der Waals surface area (Å²) in [5.41, 5.74) is 7.26. The van der Waals surface area contributed by atoms with Crippen LogP contribution in [0, 0.1) is 0 Å². The number of nitrogens with one attached hydrogen (secondary N) is 1. The van der Waals surface area contributed by atoms with Gasteiger partial charge in [0.1, 0.15) is 5.75 Å². The largest absolute Gasteiger partial charge is 0.496 e. The molecular formula is C14H15F3N2O4. The smallest absolute Gasteiger partial charge is 0.490 e. The predicted octanol–water partition coefficient (Wildman–Crippen LogP) is 1.67. The fourth-order valence-corrected chi connectivity index (χ4v) is 1.77. The Morgan fingerprint density at radius 2 is 1.96 bits per heavy atom. The number of ether oxygens (including phenoxy) is 1. The van der Waals surface area contributed by atoms with Crippen molar-refractivity contribution in [2.75, 3.05) is 13.7 Å². The molecule has 0 aliphatic rings. The lowest BCUT2D eigenvalue weighted by molar-refractivity contribution is -0.192. The van der Waals surface area contributed by atoms with Crippen molar-refractivity contribution in [1.82, 2.24) is 4.98 Å². The Labute approximate surface area is 128 Å². The van der Waals surface area contributed by atoms with Crippen LogP contribution in [0.1, 0.15) is 5.56 Å². The zero-order valence-corrected chi connectivity index (χ0v) is 12.1. The maximum atomic E-state index is 11.2. The summed E-state index contributed by atoms with van der Waals surface area (Å²) in [6.07, 6.45) is -4.35. The summed E-state index contributed by atoms with van der Waals surface area (Å²) in [5, 5.41) is 8.08. The van der Waals surface area contributed by atoms with E-state index in [0.717, 1.165) is 28.6 Å². The monoisotopic (exact) mass is 332 g/mol. The summed E-state index contributed by atoms with van der Waals surface area (Å²) in [4.78, 5) is 22.9. The van der Waals surface area contributed by atoms with Crippen LogP contribution >= 0.6 is 0 Å². The molecule has 0 saturated carbocycles. The lowest BCUT2D eigenvalue weighted by Gasteiger charge is -2.09. The van der Waals surface area contributed by atoms with Gasteiger partial charge in [0.2, 0.25) is 5.56 Å². The molecule has 0 aliphatic carbocycles. The number of methoxy groups -OCH3 is 1. The highest BCUT2D eigenvalue weighted by Crippen LogP contribution is 2.24. The lowest BCUT2D eigenvalue weighted by Crippen LogP contribution is -2.21. The number of carbonyl (C=O) groups is 1. The molecule has 0 saturated heterocycles. The van der Waals surface area contributed by atoms with Crippen molar-refractivity contribution in [3.63, 3.8) is 0 Å². The second kappa shape index (κ2) is 7.63. The second-order valence-electron chi connectivity index (χ2n) is 4.42. The zero-order chi connectivity index (χ0) is 17.6. The molecule has 2 aromatic rings. The average Bonchev–Trinajstić information content (AvgIpc) is 2.46. The molecule has 4 N–H and O–H groups in total. The molecule has 6 nitrogen and oxygen atoms in total. The Hall–Kier alpha value is -2.55. The number of fused-ring (bicyclic) bond motifs is 1. The standard InChI is InChI=1S/C12H14N2O2.C2HF3O2/c1-16-11-7-8-2-3-12(15)14-10(8)6-9(11)4-5-13;3-2(4,5)1(6)7/h2-3,6-7H,4-5,13H2,1H3,(H,14,15);(H,6,7). The highest BCUT2D eigenvalue weighted by atomic mass is 19.4. The maximum Gasteiger partial charge on any atom is 0.490 e. The number of rotatable bonds is 3. The van der Waals surface area contributed by atoms with Crippen LogP contribution in [0.4, 0.5) is 13.2 Å². The second-order valence-corrected chi connectivity index (χ2v) is 4.42. The number of hydrogen-bond donors (Lipinski definition) is 3. The molecule has 0 unspecified atom stereocenters. The molecule has 1 aromatic carbocycles. The van der Waals surface area contributed by atoms with Gasteiger partial charge in [-0.05, 0) is 36.7 Å². The average molecular weight is 332 g/mol. The van der Waals surface area contributed by atoms with Crippen LogP contribution in [0.5, 0.6) is 5.75 Å². The molecule has 0 amide bonds.